The van der Waals surface area contributed by atoms with E-state index >= 15 is 0 Å². The lowest BCUT2D eigenvalue weighted by molar-refractivity contribution is 0.357. The molecule has 0 radical (unpaired) electrons. The van der Waals surface area contributed by atoms with E-state index in [-0.39, 0.29) is 5.54 Å². The topological polar surface area (TPSA) is 17.0 Å². The van der Waals surface area contributed by atoms with Crippen molar-refractivity contribution in [3.05, 3.63) is 35.0 Å². The van der Waals surface area contributed by atoms with Gasteiger partial charge in [0.15, 0.2) is 0 Å². The van der Waals surface area contributed by atoms with Crippen LogP contribution in [0.4, 0.5) is 0 Å². The molecule has 19 heavy (non-hydrogen) atoms. The zero-order valence-electron chi connectivity index (χ0n) is 12.7. The monoisotopic (exact) mass is 256 g/mol. The van der Waals surface area contributed by atoms with Gasteiger partial charge in [0, 0.05) is 35.7 Å². The summed E-state index contributed by atoms with van der Waals surface area (Å²) in [6, 6.07) is 6.97. The van der Waals surface area contributed by atoms with Crippen LogP contribution in [-0.4, -0.2) is 10.1 Å². The number of nitrogens with zero attached hydrogens (tertiary/aromatic N) is 1. The molecule has 102 valence electrons. The van der Waals surface area contributed by atoms with Crippen molar-refractivity contribution >= 4 is 10.9 Å². The standard InChI is InChI=1S/C17H24N2/c1-11(2)12-6-7-15-13(8-12)14-9-17(3,4)18-10-16(14)19(15)5/h6-8,11,18H,9-10H2,1-5H3. The number of aromatic nitrogens is 1. The molecular weight excluding hydrogens is 232 g/mol. The maximum atomic E-state index is 3.63. The Morgan fingerprint density at radius 2 is 2.00 bits per heavy atom. The lowest BCUT2D eigenvalue weighted by Crippen LogP contribution is -2.44. The fraction of sp³-hybridized carbons (Fsp3) is 0.529. The molecule has 0 atom stereocenters. The minimum absolute atomic E-state index is 0.203. The van der Waals surface area contributed by atoms with Crippen LogP contribution in [0.2, 0.25) is 0 Å². The minimum Gasteiger partial charge on any atom is -0.346 e. The van der Waals surface area contributed by atoms with Crippen LogP contribution >= 0.6 is 0 Å². The van der Waals surface area contributed by atoms with Gasteiger partial charge in [-0.2, -0.15) is 0 Å². The molecular formula is C17H24N2. The van der Waals surface area contributed by atoms with Crippen LogP contribution < -0.4 is 5.32 Å². The lowest BCUT2D eigenvalue weighted by atomic mass is 9.89. The molecule has 0 unspecified atom stereocenters. The Labute approximate surface area is 115 Å². The number of nitrogens with one attached hydrogen (secondary N) is 1. The molecule has 2 nitrogen and oxygen atoms in total. The second-order valence-electron chi connectivity index (χ2n) is 6.83. The van der Waals surface area contributed by atoms with Crippen LogP contribution in [0.25, 0.3) is 10.9 Å². The van der Waals surface area contributed by atoms with Crippen molar-refractivity contribution in [3.8, 4) is 0 Å². The molecule has 0 fully saturated rings. The van der Waals surface area contributed by atoms with Gasteiger partial charge in [-0.15, -0.1) is 0 Å². The number of rotatable bonds is 1. The van der Waals surface area contributed by atoms with Crippen molar-refractivity contribution in [2.45, 2.75) is 52.1 Å². The number of fused-ring (bicyclic) bond motifs is 3. The molecule has 1 N–H and O–H groups in total. The van der Waals surface area contributed by atoms with Crippen LogP contribution in [0.15, 0.2) is 18.2 Å². The Kier molecular flexibility index (Phi) is 2.75. The van der Waals surface area contributed by atoms with Crippen LogP contribution in [0.3, 0.4) is 0 Å². The average Bonchev–Trinajstić information content (AvgIpc) is 2.61. The van der Waals surface area contributed by atoms with Gasteiger partial charge in [-0.3, -0.25) is 0 Å². The van der Waals surface area contributed by atoms with Gasteiger partial charge in [0.05, 0.1) is 0 Å². The predicted octanol–water partition coefficient (Wildman–Crippen LogP) is 3.73. The third kappa shape index (κ3) is 1.99. The average molecular weight is 256 g/mol. The highest BCUT2D eigenvalue weighted by Gasteiger charge is 2.28. The van der Waals surface area contributed by atoms with Gasteiger partial charge in [-0.25, -0.2) is 0 Å². The Hall–Kier alpha value is -1.28. The summed E-state index contributed by atoms with van der Waals surface area (Å²) in [6.45, 7) is 10.1. The van der Waals surface area contributed by atoms with E-state index in [9.17, 15) is 0 Å². The van der Waals surface area contributed by atoms with Crippen molar-refractivity contribution in [2.24, 2.45) is 7.05 Å². The Balaban J connectivity index is 2.24. The first-order valence-corrected chi connectivity index (χ1v) is 7.24. The maximum Gasteiger partial charge on any atom is 0.0483 e. The van der Waals surface area contributed by atoms with Crippen LogP contribution in [-0.2, 0) is 20.0 Å². The van der Waals surface area contributed by atoms with Crippen molar-refractivity contribution in [1.82, 2.24) is 9.88 Å². The smallest absolute Gasteiger partial charge is 0.0483 e. The zero-order chi connectivity index (χ0) is 13.8. The molecule has 0 amide bonds. The van der Waals surface area contributed by atoms with Crippen molar-refractivity contribution in [3.63, 3.8) is 0 Å². The van der Waals surface area contributed by atoms with E-state index in [4.69, 9.17) is 0 Å². The van der Waals surface area contributed by atoms with E-state index in [0.29, 0.717) is 5.92 Å². The van der Waals surface area contributed by atoms with E-state index in [2.05, 4.69) is 62.8 Å². The van der Waals surface area contributed by atoms with E-state index in [1.54, 1.807) is 5.56 Å². The highest BCUT2D eigenvalue weighted by atomic mass is 15.0. The SMILES string of the molecule is CC(C)c1ccc2c(c1)c1c(n2C)CNC(C)(C)C1. The molecule has 1 aliphatic rings. The van der Waals surface area contributed by atoms with E-state index in [1.807, 2.05) is 0 Å². The fourth-order valence-electron chi connectivity index (χ4n) is 3.20. The third-order valence-electron chi connectivity index (χ3n) is 4.48. The molecule has 0 bridgehead atoms. The summed E-state index contributed by atoms with van der Waals surface area (Å²) < 4.78 is 2.36. The van der Waals surface area contributed by atoms with Gasteiger partial charge in [-0.1, -0.05) is 19.9 Å². The molecule has 1 aromatic heterocycles. The van der Waals surface area contributed by atoms with Crippen molar-refractivity contribution < 1.29 is 0 Å². The third-order valence-corrected chi connectivity index (χ3v) is 4.48. The zero-order valence-corrected chi connectivity index (χ0v) is 12.7. The summed E-state index contributed by atoms with van der Waals surface area (Å²) in [7, 11) is 2.19. The van der Waals surface area contributed by atoms with Crippen LogP contribution in [0.1, 0.15) is 50.4 Å². The number of hydrogen-bond acceptors (Lipinski definition) is 1. The summed E-state index contributed by atoms with van der Waals surface area (Å²) >= 11 is 0. The van der Waals surface area contributed by atoms with Gasteiger partial charge in [-0.05, 0) is 49.4 Å². The molecule has 0 saturated heterocycles. The summed E-state index contributed by atoms with van der Waals surface area (Å²) in [5.74, 6) is 0.593. The molecule has 3 rings (SSSR count). The molecule has 2 heterocycles. The number of benzene rings is 1. The predicted molar refractivity (Wildman–Crippen MR) is 81.6 cm³/mol. The molecule has 1 aromatic carbocycles. The highest BCUT2D eigenvalue weighted by molar-refractivity contribution is 5.86. The Bertz CT molecular complexity index is 632. The second-order valence-corrected chi connectivity index (χ2v) is 6.83. The molecule has 0 saturated carbocycles. The Morgan fingerprint density at radius 3 is 2.68 bits per heavy atom. The number of aryl methyl sites for hydroxylation is 1. The van der Waals surface area contributed by atoms with E-state index < -0.39 is 0 Å². The Morgan fingerprint density at radius 1 is 1.26 bits per heavy atom. The first-order valence-electron chi connectivity index (χ1n) is 7.24. The summed E-state index contributed by atoms with van der Waals surface area (Å²) in [5, 5.41) is 5.09. The van der Waals surface area contributed by atoms with Crippen molar-refractivity contribution in [1.29, 1.82) is 0 Å². The van der Waals surface area contributed by atoms with E-state index in [1.165, 1.54) is 22.2 Å². The van der Waals surface area contributed by atoms with Gasteiger partial charge >= 0.3 is 0 Å². The quantitative estimate of drug-likeness (QED) is 0.822. The molecule has 0 spiro atoms. The fourth-order valence-corrected chi connectivity index (χ4v) is 3.20. The maximum absolute atomic E-state index is 3.63. The largest absolute Gasteiger partial charge is 0.346 e. The summed E-state index contributed by atoms with van der Waals surface area (Å²) in [6.07, 6.45) is 1.11. The molecule has 2 heteroatoms. The highest BCUT2D eigenvalue weighted by Crippen LogP contribution is 2.33. The van der Waals surface area contributed by atoms with E-state index in [0.717, 1.165) is 13.0 Å². The van der Waals surface area contributed by atoms with Gasteiger partial charge < -0.3 is 9.88 Å². The lowest BCUT2D eigenvalue weighted by Gasteiger charge is -2.32. The van der Waals surface area contributed by atoms with Gasteiger partial charge in [0.25, 0.3) is 0 Å². The number of hydrogen-bond donors (Lipinski definition) is 1. The summed E-state index contributed by atoms with van der Waals surface area (Å²) in [5.41, 5.74) is 6.01. The minimum atomic E-state index is 0.203. The van der Waals surface area contributed by atoms with Crippen LogP contribution in [0, 0.1) is 0 Å². The second kappa shape index (κ2) is 4.11. The summed E-state index contributed by atoms with van der Waals surface area (Å²) in [4.78, 5) is 0. The van der Waals surface area contributed by atoms with Gasteiger partial charge in [0.2, 0.25) is 0 Å². The van der Waals surface area contributed by atoms with Gasteiger partial charge in [0.1, 0.15) is 0 Å². The van der Waals surface area contributed by atoms with Crippen LogP contribution in [0.5, 0.6) is 0 Å². The first kappa shape index (κ1) is 12.7. The first-order chi connectivity index (χ1) is 8.89. The molecule has 1 aliphatic heterocycles. The molecule has 2 aromatic rings. The normalized spacial score (nSPS) is 18.0. The van der Waals surface area contributed by atoms with Crippen molar-refractivity contribution in [2.75, 3.05) is 0 Å². The molecule has 0 aliphatic carbocycles.